The zero-order valence-electron chi connectivity index (χ0n) is 25.3. The second kappa shape index (κ2) is 12.0. The highest BCUT2D eigenvalue weighted by Gasteiger charge is 2.38. The standard InChI is InChI=1S/C35H33F2N5O4/c1-22-27(16-25-9-7-23-5-2-3-6-29(23)39-25)28-15-24(36)8-11-30(28)42(22)18-33(43)41-14-4-13-35(37,20-41)19-38-34(44)40-26-10-12-31-32(17-26)46-21-45-31/h2-3,5-12,15,17H,4,13-14,16,18-21H2,1H3,(H2,38,40,44). The molecule has 1 atom stereocenters. The molecule has 3 aromatic carbocycles. The van der Waals surface area contributed by atoms with E-state index in [2.05, 4.69) is 10.6 Å². The van der Waals surface area contributed by atoms with Crippen molar-refractivity contribution >= 4 is 39.4 Å². The molecule has 1 unspecified atom stereocenters. The summed E-state index contributed by atoms with van der Waals surface area (Å²) >= 11 is 0. The van der Waals surface area contributed by atoms with Crippen molar-refractivity contribution in [2.45, 2.75) is 38.4 Å². The second-order valence-electron chi connectivity index (χ2n) is 11.9. The predicted octanol–water partition coefficient (Wildman–Crippen LogP) is 6.11. The monoisotopic (exact) mass is 625 g/mol. The Balaban J connectivity index is 1.04. The molecule has 1 fully saturated rings. The van der Waals surface area contributed by atoms with Gasteiger partial charge in [-0.2, -0.15) is 0 Å². The van der Waals surface area contributed by atoms with Gasteiger partial charge in [-0.05, 0) is 67.8 Å². The maximum Gasteiger partial charge on any atom is 0.319 e. The molecule has 2 N–H and O–H groups in total. The third-order valence-corrected chi connectivity index (χ3v) is 8.80. The van der Waals surface area contributed by atoms with Gasteiger partial charge in [0.2, 0.25) is 12.7 Å². The summed E-state index contributed by atoms with van der Waals surface area (Å²) in [5.74, 6) is 0.506. The topological polar surface area (TPSA) is 97.7 Å². The molecule has 0 bridgehead atoms. The molecule has 7 rings (SSSR count). The number of pyridine rings is 1. The fourth-order valence-electron chi connectivity index (χ4n) is 6.41. The number of rotatable bonds is 7. The number of hydrogen-bond acceptors (Lipinski definition) is 5. The Morgan fingerprint density at radius 1 is 1.02 bits per heavy atom. The van der Waals surface area contributed by atoms with Gasteiger partial charge in [-0.1, -0.05) is 24.3 Å². The molecule has 2 aliphatic rings. The van der Waals surface area contributed by atoms with E-state index in [1.54, 1.807) is 24.3 Å². The van der Waals surface area contributed by atoms with Crippen LogP contribution in [-0.4, -0.2) is 58.5 Å². The van der Waals surface area contributed by atoms with Crippen molar-refractivity contribution < 1.29 is 27.8 Å². The van der Waals surface area contributed by atoms with Crippen LogP contribution in [0.15, 0.2) is 72.8 Å². The van der Waals surface area contributed by atoms with Crippen LogP contribution >= 0.6 is 0 Å². The van der Waals surface area contributed by atoms with Crippen LogP contribution in [-0.2, 0) is 17.8 Å². The molecular weight excluding hydrogens is 592 g/mol. The first-order chi connectivity index (χ1) is 22.2. The third-order valence-electron chi connectivity index (χ3n) is 8.80. The van der Waals surface area contributed by atoms with Gasteiger partial charge < -0.3 is 29.6 Å². The quantitative estimate of drug-likeness (QED) is 0.228. The first-order valence-corrected chi connectivity index (χ1v) is 15.3. The van der Waals surface area contributed by atoms with E-state index in [0.717, 1.165) is 38.8 Å². The van der Waals surface area contributed by atoms with Crippen molar-refractivity contribution in [2.75, 3.05) is 31.7 Å². The molecule has 3 amide bonds. The fraction of sp³-hybridized carbons (Fsp3) is 0.286. The lowest BCUT2D eigenvalue weighted by atomic mass is 9.94. The van der Waals surface area contributed by atoms with Gasteiger partial charge in [-0.25, -0.2) is 13.6 Å². The van der Waals surface area contributed by atoms with Crippen LogP contribution in [0.5, 0.6) is 11.5 Å². The molecule has 0 spiro atoms. The number of piperidine rings is 1. The molecule has 0 saturated carbocycles. The molecule has 9 nitrogen and oxygen atoms in total. The third kappa shape index (κ3) is 5.92. The van der Waals surface area contributed by atoms with Gasteiger partial charge in [-0.15, -0.1) is 0 Å². The maximum absolute atomic E-state index is 16.0. The number of carbonyl (C=O) groups is 2. The Bertz CT molecular complexity index is 1980. The molecule has 236 valence electrons. The minimum atomic E-state index is -1.79. The highest BCUT2D eigenvalue weighted by Crippen LogP contribution is 2.34. The summed E-state index contributed by atoms with van der Waals surface area (Å²) < 4.78 is 43.0. The Labute approximate surface area is 264 Å². The number of carbonyl (C=O) groups excluding carboxylic acids is 2. The normalized spacial score (nSPS) is 17.4. The van der Waals surface area contributed by atoms with E-state index in [4.69, 9.17) is 14.5 Å². The molecule has 0 aliphatic carbocycles. The smallest absolute Gasteiger partial charge is 0.319 e. The van der Waals surface area contributed by atoms with Crippen molar-refractivity contribution in [2.24, 2.45) is 0 Å². The van der Waals surface area contributed by atoms with E-state index in [1.807, 2.05) is 47.9 Å². The summed E-state index contributed by atoms with van der Waals surface area (Å²) in [6, 6.07) is 20.8. The summed E-state index contributed by atoms with van der Waals surface area (Å²) in [5.41, 5.74) is 2.86. The number of hydrogen-bond donors (Lipinski definition) is 2. The van der Waals surface area contributed by atoms with Gasteiger partial charge in [0, 0.05) is 52.4 Å². The molecule has 0 radical (unpaired) electrons. The second-order valence-corrected chi connectivity index (χ2v) is 11.9. The minimum absolute atomic E-state index is 0.0206. The number of ether oxygens (including phenoxy) is 2. The first-order valence-electron chi connectivity index (χ1n) is 15.3. The van der Waals surface area contributed by atoms with Crippen molar-refractivity contribution in [1.29, 1.82) is 0 Å². The fourth-order valence-corrected chi connectivity index (χ4v) is 6.41. The number of amides is 3. The van der Waals surface area contributed by atoms with Gasteiger partial charge in [0.25, 0.3) is 0 Å². The van der Waals surface area contributed by atoms with Gasteiger partial charge in [0.15, 0.2) is 11.5 Å². The number of benzene rings is 3. The van der Waals surface area contributed by atoms with Crippen LogP contribution in [0.2, 0.25) is 0 Å². The Hall–Kier alpha value is -5.19. The van der Waals surface area contributed by atoms with Crippen LogP contribution in [0.25, 0.3) is 21.8 Å². The summed E-state index contributed by atoms with van der Waals surface area (Å²) in [6.07, 6.45) is 1.15. The molecule has 11 heteroatoms. The van der Waals surface area contributed by atoms with Crippen LogP contribution in [0, 0.1) is 12.7 Å². The van der Waals surface area contributed by atoms with Crippen molar-refractivity contribution in [3.63, 3.8) is 0 Å². The molecule has 2 aliphatic heterocycles. The average molecular weight is 626 g/mol. The molecule has 4 heterocycles. The summed E-state index contributed by atoms with van der Waals surface area (Å²) in [5, 5.41) is 7.05. The van der Waals surface area contributed by atoms with Gasteiger partial charge in [0.05, 0.1) is 18.6 Å². The number of anilines is 1. The van der Waals surface area contributed by atoms with E-state index in [-0.39, 0.29) is 44.6 Å². The number of halogens is 2. The Morgan fingerprint density at radius 3 is 2.76 bits per heavy atom. The van der Waals surface area contributed by atoms with Crippen molar-refractivity contribution in [3.05, 3.63) is 95.6 Å². The largest absolute Gasteiger partial charge is 0.454 e. The number of urea groups is 1. The molecule has 46 heavy (non-hydrogen) atoms. The van der Waals surface area contributed by atoms with Crippen LogP contribution < -0.4 is 20.1 Å². The number of alkyl halides is 1. The zero-order valence-corrected chi connectivity index (χ0v) is 25.3. The lowest BCUT2D eigenvalue weighted by Crippen LogP contribution is -2.54. The van der Waals surface area contributed by atoms with Crippen LogP contribution in [0.3, 0.4) is 0 Å². The van der Waals surface area contributed by atoms with E-state index in [1.165, 1.54) is 17.0 Å². The number of likely N-dealkylation sites (tertiary alicyclic amines) is 1. The molecule has 1 saturated heterocycles. The number of para-hydroxylation sites is 1. The van der Waals surface area contributed by atoms with Gasteiger partial charge in [0.1, 0.15) is 18.0 Å². The first kappa shape index (κ1) is 29.5. The molecule has 2 aromatic heterocycles. The number of nitrogens with one attached hydrogen (secondary N) is 2. The maximum atomic E-state index is 16.0. The van der Waals surface area contributed by atoms with Gasteiger partial charge >= 0.3 is 6.03 Å². The number of aromatic nitrogens is 2. The zero-order chi connectivity index (χ0) is 31.8. The molecular formula is C35H33F2N5O4. The summed E-state index contributed by atoms with van der Waals surface area (Å²) in [4.78, 5) is 32.5. The summed E-state index contributed by atoms with van der Waals surface area (Å²) in [6.45, 7) is 2.03. The average Bonchev–Trinajstić information content (AvgIpc) is 3.62. The predicted molar refractivity (Wildman–Crippen MR) is 170 cm³/mol. The lowest BCUT2D eigenvalue weighted by molar-refractivity contribution is -0.135. The highest BCUT2D eigenvalue weighted by molar-refractivity contribution is 5.90. The van der Waals surface area contributed by atoms with E-state index < -0.39 is 11.7 Å². The van der Waals surface area contributed by atoms with E-state index >= 15 is 4.39 Å². The van der Waals surface area contributed by atoms with Crippen LogP contribution in [0.4, 0.5) is 19.3 Å². The number of fused-ring (bicyclic) bond motifs is 3. The highest BCUT2D eigenvalue weighted by atomic mass is 19.1. The van der Waals surface area contributed by atoms with E-state index in [0.29, 0.717) is 36.6 Å². The Morgan fingerprint density at radius 2 is 1.87 bits per heavy atom. The SMILES string of the molecule is Cc1c(Cc2ccc3ccccc3n2)c2cc(F)ccc2n1CC(=O)N1CCCC(F)(CNC(=O)Nc2ccc3c(c2)OCO3)C1. The molecule has 5 aromatic rings. The van der Waals surface area contributed by atoms with Crippen LogP contribution in [0.1, 0.15) is 29.8 Å². The lowest BCUT2D eigenvalue weighted by Gasteiger charge is -2.37. The van der Waals surface area contributed by atoms with Gasteiger partial charge in [-0.3, -0.25) is 9.78 Å². The number of nitrogens with zero attached hydrogens (tertiary/aromatic N) is 3. The minimum Gasteiger partial charge on any atom is -0.454 e. The summed E-state index contributed by atoms with van der Waals surface area (Å²) in [7, 11) is 0. The van der Waals surface area contributed by atoms with Crippen molar-refractivity contribution in [3.8, 4) is 11.5 Å². The van der Waals surface area contributed by atoms with E-state index in [9.17, 15) is 14.0 Å². The Kier molecular flexibility index (Phi) is 7.67. The van der Waals surface area contributed by atoms with Crippen molar-refractivity contribution in [1.82, 2.24) is 19.8 Å².